The Bertz CT molecular complexity index is 47.1. The van der Waals surface area contributed by atoms with Crippen LogP contribution in [0.5, 0.6) is 0 Å². The highest BCUT2D eigenvalue weighted by Crippen LogP contribution is 2.23. The Morgan fingerprint density at radius 1 is 1.00 bits per heavy atom. The minimum Gasteiger partial charge on any atom is -0.244 e. The summed E-state index contributed by atoms with van der Waals surface area (Å²) in [7, 11) is 0. The van der Waals surface area contributed by atoms with Crippen molar-refractivity contribution in [3.63, 3.8) is 0 Å². The molecule has 0 aromatic heterocycles. The summed E-state index contributed by atoms with van der Waals surface area (Å²) in [5.41, 5.74) is -0.875. The molecule has 1 heteroatoms. The second kappa shape index (κ2) is 3.06. The molecule has 0 aliphatic carbocycles. The lowest BCUT2D eigenvalue weighted by Crippen LogP contribution is -2.18. The molecule has 0 radical (unpaired) electrons. The minimum absolute atomic E-state index is 0.653. The zero-order chi connectivity index (χ0) is 6.62. The van der Waals surface area contributed by atoms with Gasteiger partial charge in [0.2, 0.25) is 0 Å². The Kier molecular flexibility index (Phi) is 3.03. The highest BCUT2D eigenvalue weighted by Gasteiger charge is 2.21. The van der Waals surface area contributed by atoms with Crippen molar-refractivity contribution in [1.29, 1.82) is 0 Å². The third-order valence-electron chi connectivity index (χ3n) is 1.90. The van der Waals surface area contributed by atoms with Crippen LogP contribution in [-0.4, -0.2) is 5.67 Å². The van der Waals surface area contributed by atoms with Gasteiger partial charge in [0.05, 0.1) is 0 Å². The van der Waals surface area contributed by atoms with Gasteiger partial charge in [0.1, 0.15) is 5.67 Å². The quantitative estimate of drug-likeness (QED) is 0.534. The molecule has 0 saturated carbocycles. The first-order chi connectivity index (χ1) is 3.68. The van der Waals surface area contributed by atoms with E-state index < -0.39 is 5.67 Å². The molecule has 50 valence electrons. The van der Waals surface area contributed by atoms with Gasteiger partial charge in [0, 0.05) is 0 Å². The lowest BCUT2D eigenvalue weighted by Gasteiger charge is -2.18. The largest absolute Gasteiger partial charge is 0.244 e. The van der Waals surface area contributed by atoms with Crippen LogP contribution in [0.15, 0.2) is 0 Å². The molecule has 0 unspecified atom stereocenters. The molecule has 0 aromatic carbocycles. The zero-order valence-electron chi connectivity index (χ0n) is 6.00. The second-order valence-electron chi connectivity index (χ2n) is 2.21. The molecule has 0 saturated heterocycles. The number of hydrogen-bond donors (Lipinski definition) is 0. The fourth-order valence-corrected chi connectivity index (χ4v) is 0.750. The van der Waals surface area contributed by atoms with Crippen LogP contribution >= 0.6 is 0 Å². The first-order valence-corrected chi connectivity index (χ1v) is 3.37. The smallest absolute Gasteiger partial charge is 0.110 e. The molecular weight excluding hydrogens is 103 g/mol. The van der Waals surface area contributed by atoms with E-state index in [1.807, 2.05) is 20.8 Å². The molecule has 0 fully saturated rings. The van der Waals surface area contributed by atoms with Crippen LogP contribution in [0.1, 0.15) is 40.0 Å². The van der Waals surface area contributed by atoms with Crippen molar-refractivity contribution in [2.24, 2.45) is 0 Å². The van der Waals surface area contributed by atoms with E-state index in [9.17, 15) is 4.39 Å². The van der Waals surface area contributed by atoms with Crippen LogP contribution in [0, 0.1) is 0 Å². The topological polar surface area (TPSA) is 0 Å². The summed E-state index contributed by atoms with van der Waals surface area (Å²) in [4.78, 5) is 0. The maximum Gasteiger partial charge on any atom is 0.110 e. The van der Waals surface area contributed by atoms with Gasteiger partial charge in [-0.1, -0.05) is 20.8 Å². The summed E-state index contributed by atoms with van der Waals surface area (Å²) in [5.74, 6) is 0. The van der Waals surface area contributed by atoms with Crippen molar-refractivity contribution in [3.05, 3.63) is 0 Å². The van der Waals surface area contributed by atoms with Crippen molar-refractivity contribution in [2.45, 2.75) is 45.7 Å². The van der Waals surface area contributed by atoms with Gasteiger partial charge in [0.25, 0.3) is 0 Å². The average molecular weight is 118 g/mol. The van der Waals surface area contributed by atoms with Crippen LogP contribution in [0.25, 0.3) is 0 Å². The molecule has 0 heterocycles. The zero-order valence-corrected chi connectivity index (χ0v) is 6.00. The minimum atomic E-state index is -0.875. The molecule has 0 rings (SSSR count). The van der Waals surface area contributed by atoms with E-state index in [0.29, 0.717) is 19.3 Å². The van der Waals surface area contributed by atoms with Gasteiger partial charge in [-0.2, -0.15) is 0 Å². The van der Waals surface area contributed by atoms with Crippen molar-refractivity contribution >= 4 is 0 Å². The summed E-state index contributed by atoms with van der Waals surface area (Å²) < 4.78 is 13.0. The Morgan fingerprint density at radius 3 is 1.25 bits per heavy atom. The molecule has 0 bridgehead atoms. The summed E-state index contributed by atoms with van der Waals surface area (Å²) in [6.07, 6.45) is 1.96. The molecule has 0 atom stereocenters. The molecule has 0 aromatic rings. The molecule has 0 spiro atoms. The van der Waals surface area contributed by atoms with Crippen LogP contribution < -0.4 is 0 Å². The van der Waals surface area contributed by atoms with E-state index in [0.717, 1.165) is 0 Å². The first kappa shape index (κ1) is 7.93. The number of halogens is 1. The third-order valence-corrected chi connectivity index (χ3v) is 1.90. The maximum atomic E-state index is 13.0. The average Bonchev–Trinajstić information content (AvgIpc) is 1.87. The summed E-state index contributed by atoms with van der Waals surface area (Å²) >= 11 is 0. The summed E-state index contributed by atoms with van der Waals surface area (Å²) in [5, 5.41) is 0. The van der Waals surface area contributed by atoms with Crippen LogP contribution in [0.4, 0.5) is 4.39 Å². The van der Waals surface area contributed by atoms with E-state index in [1.54, 1.807) is 0 Å². The third kappa shape index (κ3) is 1.81. The second-order valence-corrected chi connectivity index (χ2v) is 2.21. The van der Waals surface area contributed by atoms with E-state index in [4.69, 9.17) is 0 Å². The molecule has 0 nitrogen and oxygen atoms in total. The standard InChI is InChI=1S/C7H15F/c1-4-7(8,5-2)6-3/h4-6H2,1-3H3. The van der Waals surface area contributed by atoms with E-state index in [2.05, 4.69) is 0 Å². The number of rotatable bonds is 3. The van der Waals surface area contributed by atoms with Gasteiger partial charge in [0.15, 0.2) is 0 Å². The summed E-state index contributed by atoms with van der Waals surface area (Å²) in [6.45, 7) is 5.69. The van der Waals surface area contributed by atoms with Gasteiger partial charge < -0.3 is 0 Å². The van der Waals surface area contributed by atoms with Crippen LogP contribution in [0.3, 0.4) is 0 Å². The predicted molar refractivity (Wildman–Crippen MR) is 34.7 cm³/mol. The molecule has 0 aliphatic rings. The maximum absolute atomic E-state index is 13.0. The van der Waals surface area contributed by atoms with Crippen LogP contribution in [-0.2, 0) is 0 Å². The van der Waals surface area contributed by atoms with Gasteiger partial charge >= 0.3 is 0 Å². The van der Waals surface area contributed by atoms with Crippen molar-refractivity contribution < 1.29 is 4.39 Å². The van der Waals surface area contributed by atoms with Gasteiger partial charge in [-0.05, 0) is 19.3 Å². The van der Waals surface area contributed by atoms with Gasteiger partial charge in [-0.25, -0.2) is 4.39 Å². The van der Waals surface area contributed by atoms with Gasteiger partial charge in [-0.15, -0.1) is 0 Å². The monoisotopic (exact) mass is 118 g/mol. The molecule has 8 heavy (non-hydrogen) atoms. The SMILES string of the molecule is CCC(F)(CC)CC. The fourth-order valence-electron chi connectivity index (χ4n) is 0.750. The lowest BCUT2D eigenvalue weighted by molar-refractivity contribution is 0.145. The van der Waals surface area contributed by atoms with Crippen LogP contribution in [0.2, 0.25) is 0 Å². The molecular formula is C7H15F. The molecule has 0 aliphatic heterocycles. The highest BCUT2D eigenvalue weighted by molar-refractivity contribution is 4.72. The fraction of sp³-hybridized carbons (Fsp3) is 1.00. The Morgan fingerprint density at radius 2 is 1.25 bits per heavy atom. The number of hydrogen-bond acceptors (Lipinski definition) is 0. The van der Waals surface area contributed by atoms with Crippen molar-refractivity contribution in [1.82, 2.24) is 0 Å². The lowest BCUT2D eigenvalue weighted by atomic mass is 9.97. The Hall–Kier alpha value is -0.0700. The first-order valence-electron chi connectivity index (χ1n) is 3.37. The molecule has 0 N–H and O–H groups in total. The van der Waals surface area contributed by atoms with Gasteiger partial charge in [-0.3, -0.25) is 0 Å². The van der Waals surface area contributed by atoms with Crippen molar-refractivity contribution in [2.75, 3.05) is 0 Å². The van der Waals surface area contributed by atoms with Crippen molar-refractivity contribution in [3.8, 4) is 0 Å². The highest BCUT2D eigenvalue weighted by atomic mass is 19.1. The van der Waals surface area contributed by atoms with E-state index >= 15 is 0 Å². The van der Waals surface area contributed by atoms with E-state index in [-0.39, 0.29) is 0 Å². The predicted octanol–water partition coefficient (Wildman–Crippen LogP) is 2.92. The molecule has 0 amide bonds. The number of alkyl halides is 1. The summed E-state index contributed by atoms with van der Waals surface area (Å²) in [6, 6.07) is 0. The Labute approximate surface area is 51.1 Å². The van der Waals surface area contributed by atoms with E-state index in [1.165, 1.54) is 0 Å². The normalized spacial score (nSPS) is 12.0. The Balaban J connectivity index is 3.58.